The number of imidazole rings is 1. The van der Waals surface area contributed by atoms with E-state index in [1.807, 2.05) is 23.1 Å². The number of carbonyl (C=O) groups is 1. The molecular weight excluding hydrogens is 336 g/mol. The average Bonchev–Trinajstić information content (AvgIpc) is 3.13. The van der Waals surface area contributed by atoms with Crippen LogP contribution >= 0.6 is 12.4 Å². The fourth-order valence-corrected chi connectivity index (χ4v) is 5.21. The number of amides is 1. The lowest BCUT2D eigenvalue weighted by Crippen LogP contribution is -2.49. The van der Waals surface area contributed by atoms with Gasteiger partial charge in [0.2, 0.25) is 11.9 Å². The zero-order valence-electron chi connectivity index (χ0n) is 14.3. The molecule has 2 fully saturated rings. The summed E-state index contributed by atoms with van der Waals surface area (Å²) < 4.78 is 2.18. The molecule has 2 N–H and O–H groups in total. The Balaban J connectivity index is 0.00000157. The zero-order chi connectivity index (χ0) is 16.3. The number of nitrogens with zero attached hydrogens (tertiary/aromatic N) is 3. The van der Waals surface area contributed by atoms with Gasteiger partial charge in [-0.1, -0.05) is 18.6 Å². The predicted octanol–water partition coefficient (Wildman–Crippen LogP) is 2.96. The first-order chi connectivity index (χ1) is 11.7. The normalized spacial score (nSPS) is 30.8. The van der Waals surface area contributed by atoms with E-state index in [9.17, 15) is 4.79 Å². The minimum absolute atomic E-state index is 0. The molecule has 134 valence electrons. The summed E-state index contributed by atoms with van der Waals surface area (Å²) in [6, 6.07) is 8.45. The highest BCUT2D eigenvalue weighted by molar-refractivity contribution is 5.96. The van der Waals surface area contributed by atoms with Crippen molar-refractivity contribution in [3.8, 4) is 0 Å². The fraction of sp³-hybridized carbons (Fsp3) is 0.579. The Morgan fingerprint density at radius 3 is 2.60 bits per heavy atom. The van der Waals surface area contributed by atoms with E-state index in [2.05, 4.69) is 10.6 Å². The van der Waals surface area contributed by atoms with Gasteiger partial charge in [0.1, 0.15) is 0 Å². The quantitative estimate of drug-likeness (QED) is 0.850. The molecule has 1 amide bonds. The summed E-state index contributed by atoms with van der Waals surface area (Å²) in [4.78, 5) is 19.9. The first-order valence-electron chi connectivity index (χ1n) is 9.24. The molecule has 2 unspecified atom stereocenters. The fourth-order valence-electron chi connectivity index (χ4n) is 5.21. The number of fused-ring (bicyclic) bond motifs is 5. The van der Waals surface area contributed by atoms with E-state index in [1.54, 1.807) is 0 Å². The Kier molecular flexibility index (Phi) is 4.24. The summed E-state index contributed by atoms with van der Waals surface area (Å²) in [5, 5.41) is 0. The molecule has 6 heteroatoms. The summed E-state index contributed by atoms with van der Waals surface area (Å²) in [6.07, 6.45) is 5.60. The Hall–Kier alpha value is -1.59. The summed E-state index contributed by atoms with van der Waals surface area (Å²) in [6.45, 7) is 1.60. The van der Waals surface area contributed by atoms with Crippen LogP contribution in [0.4, 0.5) is 5.95 Å². The molecule has 2 heterocycles. The molecule has 2 bridgehead atoms. The molecule has 2 aromatic rings. The summed E-state index contributed by atoms with van der Waals surface area (Å²) in [5.74, 6) is 2.31. The zero-order valence-corrected chi connectivity index (χ0v) is 15.1. The Labute approximate surface area is 154 Å². The summed E-state index contributed by atoms with van der Waals surface area (Å²) >= 11 is 0. The number of hydrogen-bond donors (Lipinski definition) is 1. The molecule has 2 saturated carbocycles. The largest absolute Gasteiger partial charge is 0.327 e. The number of halogens is 1. The first-order valence-corrected chi connectivity index (χ1v) is 9.24. The molecule has 0 spiro atoms. The lowest BCUT2D eigenvalue weighted by molar-refractivity contribution is -0.125. The van der Waals surface area contributed by atoms with E-state index in [-0.39, 0.29) is 24.2 Å². The minimum Gasteiger partial charge on any atom is -0.327 e. The molecule has 1 aliphatic heterocycles. The lowest BCUT2D eigenvalue weighted by Gasteiger charge is -2.44. The second-order valence-electron chi connectivity index (χ2n) is 7.74. The second kappa shape index (κ2) is 6.29. The van der Waals surface area contributed by atoms with Crippen molar-refractivity contribution in [2.75, 3.05) is 11.4 Å². The molecule has 0 saturated heterocycles. The average molecular weight is 361 g/mol. The molecule has 5 nitrogen and oxygen atoms in total. The highest BCUT2D eigenvalue weighted by Crippen LogP contribution is 2.43. The first kappa shape index (κ1) is 16.9. The predicted molar refractivity (Wildman–Crippen MR) is 101 cm³/mol. The Bertz CT molecular complexity index is 790. The molecule has 5 rings (SSSR count). The highest BCUT2D eigenvalue weighted by atomic mass is 35.5. The maximum absolute atomic E-state index is 13.2. The van der Waals surface area contributed by atoms with E-state index in [4.69, 9.17) is 10.7 Å². The van der Waals surface area contributed by atoms with Crippen LogP contribution in [0, 0.1) is 17.8 Å². The lowest BCUT2D eigenvalue weighted by atomic mass is 9.65. The second-order valence-corrected chi connectivity index (χ2v) is 7.74. The molecule has 2 atom stereocenters. The van der Waals surface area contributed by atoms with Gasteiger partial charge in [-0.15, -0.1) is 12.4 Å². The van der Waals surface area contributed by atoms with Crippen molar-refractivity contribution in [1.82, 2.24) is 9.55 Å². The van der Waals surface area contributed by atoms with Crippen molar-refractivity contribution in [3.63, 3.8) is 0 Å². The van der Waals surface area contributed by atoms with Crippen molar-refractivity contribution in [3.05, 3.63) is 24.3 Å². The Morgan fingerprint density at radius 2 is 1.84 bits per heavy atom. The van der Waals surface area contributed by atoms with Crippen LogP contribution in [0.3, 0.4) is 0 Å². The SMILES string of the molecule is Cl.NC1C2CCCC1CC(C(=O)N1CCn3c1nc1ccccc13)C2. The van der Waals surface area contributed by atoms with Gasteiger partial charge in [-0.2, -0.15) is 0 Å². The molecule has 25 heavy (non-hydrogen) atoms. The van der Waals surface area contributed by atoms with Gasteiger partial charge in [-0.05, 0) is 49.7 Å². The Morgan fingerprint density at radius 1 is 1.12 bits per heavy atom. The van der Waals surface area contributed by atoms with Crippen molar-refractivity contribution >= 4 is 35.3 Å². The third-order valence-corrected chi connectivity index (χ3v) is 6.45. The van der Waals surface area contributed by atoms with Gasteiger partial charge in [0, 0.05) is 25.0 Å². The number of hydrogen-bond acceptors (Lipinski definition) is 3. The standard InChI is InChI=1S/C19H24N4O.ClH/c20-17-12-4-3-5-13(17)11-14(10-12)18(24)23-9-8-22-16-7-2-1-6-15(16)21-19(22)23;/h1-2,6-7,12-14,17H,3-5,8-11,20H2;1H. The van der Waals surface area contributed by atoms with Crippen molar-refractivity contribution in [2.45, 2.75) is 44.7 Å². The van der Waals surface area contributed by atoms with E-state index in [1.165, 1.54) is 19.3 Å². The number of anilines is 1. The molecule has 1 aromatic heterocycles. The van der Waals surface area contributed by atoms with Gasteiger partial charge in [0.25, 0.3) is 0 Å². The van der Waals surface area contributed by atoms with Gasteiger partial charge >= 0.3 is 0 Å². The van der Waals surface area contributed by atoms with Crippen LogP contribution in [-0.2, 0) is 11.3 Å². The van der Waals surface area contributed by atoms with Crippen molar-refractivity contribution < 1.29 is 4.79 Å². The maximum Gasteiger partial charge on any atom is 0.232 e. The van der Waals surface area contributed by atoms with E-state index in [0.29, 0.717) is 17.9 Å². The van der Waals surface area contributed by atoms with Crippen LogP contribution in [-0.4, -0.2) is 28.0 Å². The van der Waals surface area contributed by atoms with Crippen LogP contribution in [0.1, 0.15) is 32.1 Å². The third kappa shape index (κ3) is 2.56. The van der Waals surface area contributed by atoms with Gasteiger partial charge in [0.05, 0.1) is 11.0 Å². The van der Waals surface area contributed by atoms with Crippen molar-refractivity contribution in [2.24, 2.45) is 23.5 Å². The van der Waals surface area contributed by atoms with E-state index < -0.39 is 0 Å². The van der Waals surface area contributed by atoms with Crippen molar-refractivity contribution in [1.29, 1.82) is 0 Å². The van der Waals surface area contributed by atoms with Crippen LogP contribution < -0.4 is 10.6 Å². The highest BCUT2D eigenvalue weighted by Gasteiger charge is 2.43. The van der Waals surface area contributed by atoms with E-state index in [0.717, 1.165) is 42.9 Å². The molecule has 3 aliphatic rings. The van der Waals surface area contributed by atoms with Gasteiger partial charge < -0.3 is 10.3 Å². The van der Waals surface area contributed by atoms with Gasteiger partial charge in [-0.25, -0.2) is 4.98 Å². The van der Waals surface area contributed by atoms with Crippen LogP contribution in [0.2, 0.25) is 0 Å². The van der Waals surface area contributed by atoms with Crippen LogP contribution in [0.25, 0.3) is 11.0 Å². The smallest absolute Gasteiger partial charge is 0.232 e. The monoisotopic (exact) mass is 360 g/mol. The third-order valence-electron chi connectivity index (χ3n) is 6.45. The maximum atomic E-state index is 13.2. The van der Waals surface area contributed by atoms with Crippen LogP contribution in [0.15, 0.2) is 24.3 Å². The molecule has 2 aliphatic carbocycles. The summed E-state index contributed by atoms with van der Waals surface area (Å²) in [7, 11) is 0. The minimum atomic E-state index is 0. The van der Waals surface area contributed by atoms with Gasteiger partial charge in [0.15, 0.2) is 0 Å². The number of rotatable bonds is 1. The molecule has 1 aromatic carbocycles. The number of benzene rings is 1. The topological polar surface area (TPSA) is 64.2 Å². The summed E-state index contributed by atoms with van der Waals surface area (Å²) in [5.41, 5.74) is 8.50. The number of carbonyl (C=O) groups excluding carboxylic acids is 1. The number of aromatic nitrogens is 2. The number of nitrogens with two attached hydrogens (primary N) is 1. The van der Waals surface area contributed by atoms with Gasteiger partial charge in [-0.3, -0.25) is 9.69 Å². The number of para-hydroxylation sites is 2. The molecule has 0 radical (unpaired) electrons. The van der Waals surface area contributed by atoms with Crippen LogP contribution in [0.5, 0.6) is 0 Å². The molecular formula is C19H25ClN4O. The van der Waals surface area contributed by atoms with E-state index >= 15 is 0 Å².